The number of hydrogen-bond donors (Lipinski definition) is 0. The Morgan fingerprint density at radius 2 is 1.60 bits per heavy atom. The number of ether oxygens (including phenoxy) is 1. The Hall–Kier alpha value is -0.120. The molecule has 3 nitrogen and oxygen atoms in total. The summed E-state index contributed by atoms with van der Waals surface area (Å²) in [5.74, 6) is 0. The fourth-order valence-electron chi connectivity index (χ4n) is 0.499. The SMILES string of the molecule is C1COOC1.CCOCC. The highest BCUT2D eigenvalue weighted by Gasteiger charge is 1.95. The third-order valence-corrected chi connectivity index (χ3v) is 0.947. The molecule has 1 aliphatic rings. The van der Waals surface area contributed by atoms with E-state index in [1.165, 1.54) is 0 Å². The molecule has 1 rings (SSSR count). The van der Waals surface area contributed by atoms with E-state index in [1.807, 2.05) is 13.8 Å². The molecule has 0 bridgehead atoms. The zero-order valence-electron chi connectivity index (χ0n) is 6.76. The first-order chi connectivity index (χ1) is 4.91. The first-order valence-electron chi connectivity index (χ1n) is 3.74. The second-order valence-electron chi connectivity index (χ2n) is 1.78. The van der Waals surface area contributed by atoms with E-state index in [4.69, 9.17) is 4.74 Å². The van der Waals surface area contributed by atoms with Crippen molar-refractivity contribution in [3.8, 4) is 0 Å². The van der Waals surface area contributed by atoms with Gasteiger partial charge in [-0.15, -0.1) is 0 Å². The maximum absolute atomic E-state index is 4.83. The molecule has 1 fully saturated rings. The van der Waals surface area contributed by atoms with Crippen molar-refractivity contribution in [1.29, 1.82) is 0 Å². The second-order valence-corrected chi connectivity index (χ2v) is 1.78. The van der Waals surface area contributed by atoms with Crippen LogP contribution in [0.3, 0.4) is 0 Å². The molecule has 0 N–H and O–H groups in total. The highest BCUT2D eigenvalue weighted by Crippen LogP contribution is 1.93. The van der Waals surface area contributed by atoms with E-state index in [9.17, 15) is 0 Å². The van der Waals surface area contributed by atoms with Crippen LogP contribution in [-0.4, -0.2) is 26.4 Å². The third kappa shape index (κ3) is 7.88. The minimum atomic E-state index is 0.778. The molecule has 1 heterocycles. The Kier molecular flexibility index (Phi) is 8.77. The lowest BCUT2D eigenvalue weighted by Crippen LogP contribution is -1.84. The average molecular weight is 148 g/mol. The van der Waals surface area contributed by atoms with Gasteiger partial charge in [-0.25, -0.2) is 9.78 Å². The Morgan fingerprint density at radius 3 is 1.70 bits per heavy atom. The monoisotopic (exact) mass is 148 g/mol. The summed E-state index contributed by atoms with van der Waals surface area (Å²) in [5, 5.41) is 0. The van der Waals surface area contributed by atoms with Crippen molar-refractivity contribution in [2.45, 2.75) is 20.3 Å². The van der Waals surface area contributed by atoms with Crippen LogP contribution in [0.5, 0.6) is 0 Å². The Labute approximate surface area is 62.2 Å². The van der Waals surface area contributed by atoms with E-state index in [2.05, 4.69) is 9.78 Å². The molecule has 0 aliphatic carbocycles. The minimum Gasteiger partial charge on any atom is -0.382 e. The van der Waals surface area contributed by atoms with E-state index in [0.717, 1.165) is 32.8 Å². The molecule has 0 atom stereocenters. The average Bonchev–Trinajstić information content (AvgIpc) is 2.44. The van der Waals surface area contributed by atoms with Gasteiger partial charge in [-0.2, -0.15) is 0 Å². The van der Waals surface area contributed by atoms with Gasteiger partial charge in [0.25, 0.3) is 0 Å². The van der Waals surface area contributed by atoms with Crippen LogP contribution in [0.25, 0.3) is 0 Å². The first kappa shape index (κ1) is 9.88. The van der Waals surface area contributed by atoms with Gasteiger partial charge in [-0.05, 0) is 13.8 Å². The number of hydrogen-bond acceptors (Lipinski definition) is 3. The fraction of sp³-hybridized carbons (Fsp3) is 1.00. The summed E-state index contributed by atoms with van der Waals surface area (Å²) in [5.41, 5.74) is 0. The van der Waals surface area contributed by atoms with Crippen LogP contribution in [0.4, 0.5) is 0 Å². The maximum Gasteiger partial charge on any atom is 0.0845 e. The van der Waals surface area contributed by atoms with Crippen molar-refractivity contribution in [3.05, 3.63) is 0 Å². The van der Waals surface area contributed by atoms with Gasteiger partial charge in [0.2, 0.25) is 0 Å². The van der Waals surface area contributed by atoms with Crippen LogP contribution in [0.2, 0.25) is 0 Å². The van der Waals surface area contributed by atoms with Crippen LogP contribution in [-0.2, 0) is 14.5 Å². The van der Waals surface area contributed by atoms with Gasteiger partial charge < -0.3 is 4.74 Å². The summed E-state index contributed by atoms with van der Waals surface area (Å²) < 4.78 is 4.83. The predicted molar refractivity (Wildman–Crippen MR) is 38.7 cm³/mol. The standard InChI is InChI=1S/C4H10O.C3H6O2/c1-3-5-4-2;1-2-4-5-3-1/h3-4H2,1-2H3;1-3H2. The van der Waals surface area contributed by atoms with E-state index >= 15 is 0 Å². The van der Waals surface area contributed by atoms with Gasteiger partial charge in [-0.1, -0.05) is 0 Å². The van der Waals surface area contributed by atoms with E-state index in [0.29, 0.717) is 0 Å². The molecule has 1 aliphatic heterocycles. The van der Waals surface area contributed by atoms with Gasteiger partial charge in [0.15, 0.2) is 0 Å². The van der Waals surface area contributed by atoms with Crippen LogP contribution in [0, 0.1) is 0 Å². The Bertz CT molecular complexity index is 43.2. The number of rotatable bonds is 2. The topological polar surface area (TPSA) is 27.7 Å². The van der Waals surface area contributed by atoms with Crippen molar-refractivity contribution in [2.24, 2.45) is 0 Å². The molecule has 0 amide bonds. The van der Waals surface area contributed by atoms with Gasteiger partial charge >= 0.3 is 0 Å². The Balaban J connectivity index is 0.000000162. The smallest absolute Gasteiger partial charge is 0.0845 e. The molecule has 1 saturated heterocycles. The molecule has 0 unspecified atom stereocenters. The van der Waals surface area contributed by atoms with Gasteiger partial charge in [0.1, 0.15) is 0 Å². The predicted octanol–water partition coefficient (Wildman–Crippen LogP) is 1.38. The van der Waals surface area contributed by atoms with E-state index < -0.39 is 0 Å². The largest absolute Gasteiger partial charge is 0.382 e. The lowest BCUT2D eigenvalue weighted by atomic mass is 10.5. The molecule has 0 aromatic carbocycles. The quantitative estimate of drug-likeness (QED) is 0.554. The highest BCUT2D eigenvalue weighted by molar-refractivity contribution is 4.31. The maximum atomic E-state index is 4.83. The summed E-state index contributed by atoms with van der Waals surface area (Å²) in [6.45, 7) is 7.22. The minimum absolute atomic E-state index is 0.778. The van der Waals surface area contributed by atoms with Gasteiger partial charge in [0, 0.05) is 19.6 Å². The first-order valence-corrected chi connectivity index (χ1v) is 3.74. The van der Waals surface area contributed by atoms with Crippen molar-refractivity contribution < 1.29 is 14.5 Å². The molecule has 62 valence electrons. The van der Waals surface area contributed by atoms with Crippen molar-refractivity contribution in [1.82, 2.24) is 0 Å². The van der Waals surface area contributed by atoms with Crippen molar-refractivity contribution in [3.63, 3.8) is 0 Å². The summed E-state index contributed by atoms with van der Waals surface area (Å²) in [4.78, 5) is 8.89. The Morgan fingerprint density at radius 1 is 1.10 bits per heavy atom. The molecular formula is C7H16O3. The van der Waals surface area contributed by atoms with Crippen LogP contribution in [0.15, 0.2) is 0 Å². The molecule has 3 heteroatoms. The van der Waals surface area contributed by atoms with E-state index in [-0.39, 0.29) is 0 Å². The molecule has 0 spiro atoms. The summed E-state index contributed by atoms with van der Waals surface area (Å²) in [6.07, 6.45) is 1.06. The highest BCUT2D eigenvalue weighted by atomic mass is 17.2. The molecule has 0 saturated carbocycles. The van der Waals surface area contributed by atoms with Crippen LogP contribution < -0.4 is 0 Å². The van der Waals surface area contributed by atoms with Gasteiger partial charge in [0.05, 0.1) is 13.2 Å². The molecule has 10 heavy (non-hydrogen) atoms. The van der Waals surface area contributed by atoms with Crippen molar-refractivity contribution >= 4 is 0 Å². The van der Waals surface area contributed by atoms with Crippen molar-refractivity contribution in [2.75, 3.05) is 26.4 Å². The molecule has 0 radical (unpaired) electrons. The lowest BCUT2D eigenvalue weighted by Gasteiger charge is -1.86. The zero-order valence-corrected chi connectivity index (χ0v) is 6.76. The van der Waals surface area contributed by atoms with Gasteiger partial charge in [-0.3, -0.25) is 0 Å². The zero-order chi connectivity index (χ0) is 7.66. The lowest BCUT2D eigenvalue weighted by molar-refractivity contribution is -0.248. The fourth-order valence-corrected chi connectivity index (χ4v) is 0.499. The summed E-state index contributed by atoms with van der Waals surface area (Å²) in [7, 11) is 0. The van der Waals surface area contributed by atoms with Crippen LogP contribution >= 0.6 is 0 Å². The molecule has 0 aromatic rings. The molecule has 0 aromatic heterocycles. The van der Waals surface area contributed by atoms with Crippen LogP contribution in [0.1, 0.15) is 20.3 Å². The summed E-state index contributed by atoms with van der Waals surface area (Å²) >= 11 is 0. The van der Waals surface area contributed by atoms with E-state index in [1.54, 1.807) is 0 Å². The normalized spacial score (nSPS) is 16.2. The second kappa shape index (κ2) is 8.88. The molecular weight excluding hydrogens is 132 g/mol. The summed E-state index contributed by atoms with van der Waals surface area (Å²) in [6, 6.07) is 0. The third-order valence-electron chi connectivity index (χ3n) is 0.947.